The summed E-state index contributed by atoms with van der Waals surface area (Å²) in [6, 6.07) is 3.32. The molecule has 2 heterocycles. The van der Waals surface area contributed by atoms with Crippen molar-refractivity contribution in [3.05, 3.63) is 28.2 Å². The number of nitrogens with zero attached hydrogens (tertiary/aromatic N) is 1. The Morgan fingerprint density at radius 2 is 2.04 bits per heavy atom. The van der Waals surface area contributed by atoms with E-state index in [0.29, 0.717) is 27.8 Å². The predicted molar refractivity (Wildman–Crippen MR) is 95.5 cm³/mol. The number of halogens is 2. The first kappa shape index (κ1) is 19.3. The lowest BCUT2D eigenvalue weighted by atomic mass is 10.2. The Balaban J connectivity index is 0.00000132. The minimum atomic E-state index is -0.222. The molecule has 3 rings (SSSR count). The van der Waals surface area contributed by atoms with Crippen molar-refractivity contribution in [2.75, 3.05) is 17.8 Å². The summed E-state index contributed by atoms with van der Waals surface area (Å²) < 4.78 is 10.5. The molecule has 0 spiro atoms. The van der Waals surface area contributed by atoms with Gasteiger partial charge >= 0.3 is 0 Å². The van der Waals surface area contributed by atoms with Crippen LogP contribution >= 0.6 is 36.2 Å². The Labute approximate surface area is 150 Å². The van der Waals surface area contributed by atoms with E-state index in [9.17, 15) is 4.79 Å². The summed E-state index contributed by atoms with van der Waals surface area (Å²) >= 11 is 1.40. The molecular weight excluding hydrogens is 361 g/mol. The van der Waals surface area contributed by atoms with Gasteiger partial charge in [0, 0.05) is 12.1 Å². The van der Waals surface area contributed by atoms with Crippen LogP contribution in [-0.4, -0.2) is 17.7 Å². The molecule has 1 aliphatic rings. The zero-order valence-corrected chi connectivity index (χ0v) is 14.8. The molecule has 23 heavy (non-hydrogen) atoms. The Bertz CT molecular complexity index is 694. The number of fused-ring (bicyclic) bond motifs is 1. The van der Waals surface area contributed by atoms with Gasteiger partial charge in [-0.3, -0.25) is 4.79 Å². The molecule has 0 fully saturated rings. The molecule has 126 valence electrons. The fraction of sp³-hybridized carbons (Fsp3) is 0.286. The minimum absolute atomic E-state index is 0. The quantitative estimate of drug-likeness (QED) is 0.796. The largest absolute Gasteiger partial charge is 0.454 e. The standard InChI is InChI=1S/C14H15N3O3S.2ClH/c1-2-3-13-16-6-12(21-13)14(18)17-9-5-11-10(4-8(9)15)19-7-20-11;;/h4-6H,2-3,7,15H2,1H3,(H,17,18);2*1H. The van der Waals surface area contributed by atoms with Crippen LogP contribution in [0.15, 0.2) is 18.3 Å². The van der Waals surface area contributed by atoms with Crippen LogP contribution in [0, 0.1) is 0 Å². The number of benzene rings is 1. The van der Waals surface area contributed by atoms with Gasteiger partial charge in [-0.2, -0.15) is 0 Å². The van der Waals surface area contributed by atoms with Crippen LogP contribution in [0.4, 0.5) is 11.4 Å². The minimum Gasteiger partial charge on any atom is -0.454 e. The average Bonchev–Trinajstić information content (AvgIpc) is 3.08. The van der Waals surface area contributed by atoms with Crippen LogP contribution in [0.25, 0.3) is 0 Å². The molecule has 0 saturated carbocycles. The maximum Gasteiger partial charge on any atom is 0.267 e. The van der Waals surface area contributed by atoms with Gasteiger partial charge < -0.3 is 20.5 Å². The fourth-order valence-corrected chi connectivity index (χ4v) is 2.91. The number of hydrogen-bond donors (Lipinski definition) is 2. The van der Waals surface area contributed by atoms with E-state index in [0.717, 1.165) is 17.8 Å². The Hall–Kier alpha value is -1.70. The third-order valence-corrected chi connectivity index (χ3v) is 4.09. The summed E-state index contributed by atoms with van der Waals surface area (Å²) in [7, 11) is 0. The van der Waals surface area contributed by atoms with Crippen molar-refractivity contribution in [3.63, 3.8) is 0 Å². The average molecular weight is 378 g/mol. The smallest absolute Gasteiger partial charge is 0.267 e. The molecule has 0 atom stereocenters. The van der Waals surface area contributed by atoms with Crippen LogP contribution in [0.5, 0.6) is 11.5 Å². The summed E-state index contributed by atoms with van der Waals surface area (Å²) in [4.78, 5) is 17.0. The van der Waals surface area contributed by atoms with E-state index in [2.05, 4.69) is 17.2 Å². The molecule has 2 aromatic rings. The molecule has 1 aromatic heterocycles. The number of aromatic nitrogens is 1. The van der Waals surface area contributed by atoms with Crippen molar-refractivity contribution in [3.8, 4) is 11.5 Å². The number of aryl methyl sites for hydroxylation is 1. The summed E-state index contributed by atoms with van der Waals surface area (Å²) in [6.07, 6.45) is 3.47. The van der Waals surface area contributed by atoms with Crippen molar-refractivity contribution in [1.29, 1.82) is 0 Å². The van der Waals surface area contributed by atoms with E-state index in [1.165, 1.54) is 11.3 Å². The number of thiazole rings is 1. The molecular formula is C14H17Cl2N3O3S. The molecule has 0 unspecified atom stereocenters. The second kappa shape index (κ2) is 8.24. The number of carbonyl (C=O) groups is 1. The van der Waals surface area contributed by atoms with Gasteiger partial charge in [-0.25, -0.2) is 4.98 Å². The van der Waals surface area contributed by atoms with Gasteiger partial charge in [-0.05, 0) is 12.8 Å². The lowest BCUT2D eigenvalue weighted by molar-refractivity contribution is 0.103. The molecule has 0 saturated heterocycles. The van der Waals surface area contributed by atoms with Crippen LogP contribution in [-0.2, 0) is 6.42 Å². The Morgan fingerprint density at radius 1 is 1.35 bits per heavy atom. The molecule has 1 aromatic carbocycles. The lowest BCUT2D eigenvalue weighted by Gasteiger charge is -2.08. The van der Waals surface area contributed by atoms with Crippen molar-refractivity contribution in [2.24, 2.45) is 0 Å². The van der Waals surface area contributed by atoms with E-state index < -0.39 is 0 Å². The second-order valence-electron chi connectivity index (χ2n) is 4.62. The third kappa shape index (κ3) is 4.19. The molecule has 1 aliphatic heterocycles. The maximum absolute atomic E-state index is 12.2. The van der Waals surface area contributed by atoms with Crippen LogP contribution in [0.2, 0.25) is 0 Å². The fourth-order valence-electron chi connectivity index (χ4n) is 1.99. The van der Waals surface area contributed by atoms with Gasteiger partial charge in [0.25, 0.3) is 5.91 Å². The van der Waals surface area contributed by atoms with E-state index >= 15 is 0 Å². The van der Waals surface area contributed by atoms with Crippen molar-refractivity contribution in [1.82, 2.24) is 4.98 Å². The molecule has 6 nitrogen and oxygen atoms in total. The zero-order valence-electron chi connectivity index (χ0n) is 12.3. The molecule has 9 heteroatoms. The number of amides is 1. The number of ether oxygens (including phenoxy) is 2. The van der Waals surface area contributed by atoms with Crippen molar-refractivity contribution in [2.45, 2.75) is 19.8 Å². The van der Waals surface area contributed by atoms with Gasteiger partial charge in [0.15, 0.2) is 11.5 Å². The SMILES string of the molecule is CCCc1ncc(C(=O)Nc2cc3c(cc2N)OCO3)s1.Cl.Cl. The molecule has 0 radical (unpaired) electrons. The first-order chi connectivity index (χ1) is 10.2. The highest BCUT2D eigenvalue weighted by atomic mass is 35.5. The number of carbonyl (C=O) groups excluding carboxylic acids is 1. The number of nitrogens with one attached hydrogen (secondary N) is 1. The highest BCUT2D eigenvalue weighted by Gasteiger charge is 2.18. The topological polar surface area (TPSA) is 86.5 Å². The first-order valence-electron chi connectivity index (χ1n) is 6.62. The van der Waals surface area contributed by atoms with Gasteiger partial charge in [-0.15, -0.1) is 36.2 Å². The number of rotatable bonds is 4. The van der Waals surface area contributed by atoms with Crippen molar-refractivity contribution < 1.29 is 14.3 Å². The van der Waals surface area contributed by atoms with Gasteiger partial charge in [0.1, 0.15) is 4.88 Å². The maximum atomic E-state index is 12.2. The number of nitrogen functional groups attached to an aromatic ring is 1. The monoisotopic (exact) mass is 377 g/mol. The van der Waals surface area contributed by atoms with E-state index in [1.807, 2.05) is 0 Å². The summed E-state index contributed by atoms with van der Waals surface area (Å²) in [5.74, 6) is 0.949. The highest BCUT2D eigenvalue weighted by Crippen LogP contribution is 2.38. The first-order valence-corrected chi connectivity index (χ1v) is 7.44. The molecule has 1 amide bonds. The van der Waals surface area contributed by atoms with E-state index in [-0.39, 0.29) is 37.5 Å². The van der Waals surface area contributed by atoms with E-state index in [1.54, 1.807) is 18.3 Å². The van der Waals surface area contributed by atoms with E-state index in [4.69, 9.17) is 15.2 Å². The highest BCUT2D eigenvalue weighted by molar-refractivity contribution is 7.13. The van der Waals surface area contributed by atoms with Gasteiger partial charge in [0.05, 0.1) is 22.6 Å². The Morgan fingerprint density at radius 3 is 2.74 bits per heavy atom. The van der Waals surface area contributed by atoms with Gasteiger partial charge in [0.2, 0.25) is 6.79 Å². The molecule has 3 N–H and O–H groups in total. The second-order valence-corrected chi connectivity index (χ2v) is 5.73. The summed E-state index contributed by atoms with van der Waals surface area (Å²) in [5, 5.41) is 3.74. The molecule has 0 aliphatic carbocycles. The summed E-state index contributed by atoms with van der Waals surface area (Å²) in [5.41, 5.74) is 6.86. The number of nitrogens with two attached hydrogens (primary N) is 1. The third-order valence-electron chi connectivity index (χ3n) is 3.03. The van der Waals surface area contributed by atoms with Crippen LogP contribution < -0.4 is 20.5 Å². The number of anilines is 2. The van der Waals surface area contributed by atoms with Crippen LogP contribution in [0.3, 0.4) is 0 Å². The zero-order chi connectivity index (χ0) is 14.8. The normalized spacial score (nSPS) is 11.3. The lowest BCUT2D eigenvalue weighted by Crippen LogP contribution is -2.11. The van der Waals surface area contributed by atoms with Gasteiger partial charge in [-0.1, -0.05) is 6.92 Å². The molecule has 0 bridgehead atoms. The predicted octanol–water partition coefficient (Wildman–Crippen LogP) is 3.50. The summed E-state index contributed by atoms with van der Waals surface area (Å²) in [6.45, 7) is 2.25. The Kier molecular flexibility index (Phi) is 6.93. The van der Waals surface area contributed by atoms with Crippen molar-refractivity contribution >= 4 is 53.4 Å². The number of hydrogen-bond acceptors (Lipinski definition) is 6. The van der Waals surface area contributed by atoms with Crippen LogP contribution in [0.1, 0.15) is 28.0 Å².